The standard InChI is InChI=1S/C19H18N4OS/c1-24-18-9-7-17(8-10-18)23-12-11-15(14-23)13-20-22-19(25)21-16-5-3-2-4-6-16/h2-14H,1H3,(H2,21,22,25)/b20-13+. The molecule has 0 amide bonds. The number of nitrogens with zero attached hydrogens (tertiary/aromatic N) is 2. The van der Waals surface area contributed by atoms with E-state index in [4.69, 9.17) is 17.0 Å². The van der Waals surface area contributed by atoms with Gasteiger partial charge in [-0.05, 0) is 54.7 Å². The lowest BCUT2D eigenvalue weighted by molar-refractivity contribution is 0.415. The molecule has 0 bridgehead atoms. The van der Waals surface area contributed by atoms with Crippen LogP contribution in [0.4, 0.5) is 5.69 Å². The molecule has 0 spiro atoms. The maximum absolute atomic E-state index is 5.20. The average Bonchev–Trinajstić information content (AvgIpc) is 3.11. The summed E-state index contributed by atoms with van der Waals surface area (Å²) in [5, 5.41) is 7.66. The average molecular weight is 350 g/mol. The predicted molar refractivity (Wildman–Crippen MR) is 106 cm³/mol. The van der Waals surface area contributed by atoms with Gasteiger partial charge in [0.05, 0.1) is 13.3 Å². The first-order valence-electron chi connectivity index (χ1n) is 7.72. The van der Waals surface area contributed by atoms with E-state index in [1.807, 2.05) is 77.6 Å². The van der Waals surface area contributed by atoms with Gasteiger partial charge in [0.2, 0.25) is 0 Å². The summed E-state index contributed by atoms with van der Waals surface area (Å²) in [6, 6.07) is 19.5. The van der Waals surface area contributed by atoms with Gasteiger partial charge < -0.3 is 14.6 Å². The number of thiocarbonyl (C=S) groups is 1. The highest BCUT2D eigenvalue weighted by Crippen LogP contribution is 2.15. The summed E-state index contributed by atoms with van der Waals surface area (Å²) in [4.78, 5) is 0. The summed E-state index contributed by atoms with van der Waals surface area (Å²) in [6.45, 7) is 0. The van der Waals surface area contributed by atoms with Crippen LogP contribution < -0.4 is 15.5 Å². The molecule has 0 aliphatic carbocycles. The first-order valence-corrected chi connectivity index (χ1v) is 8.13. The van der Waals surface area contributed by atoms with Crippen molar-refractivity contribution in [2.24, 2.45) is 5.10 Å². The van der Waals surface area contributed by atoms with Crippen LogP contribution in [0.25, 0.3) is 5.69 Å². The number of hydrazone groups is 1. The second-order valence-corrected chi connectivity index (χ2v) is 5.65. The fourth-order valence-electron chi connectivity index (χ4n) is 2.25. The fraction of sp³-hybridized carbons (Fsp3) is 0.0526. The lowest BCUT2D eigenvalue weighted by Gasteiger charge is -2.05. The largest absolute Gasteiger partial charge is 0.497 e. The van der Waals surface area contributed by atoms with Crippen molar-refractivity contribution in [3.63, 3.8) is 0 Å². The number of hydrogen-bond donors (Lipinski definition) is 2. The lowest BCUT2D eigenvalue weighted by atomic mass is 10.3. The van der Waals surface area contributed by atoms with Crippen LogP contribution in [0, 0.1) is 0 Å². The number of rotatable bonds is 5. The Balaban J connectivity index is 1.57. The Bertz CT molecular complexity index is 857. The number of nitrogens with one attached hydrogen (secondary N) is 2. The van der Waals surface area contributed by atoms with Gasteiger partial charge in [-0.3, -0.25) is 5.43 Å². The second-order valence-electron chi connectivity index (χ2n) is 5.24. The third kappa shape index (κ3) is 4.68. The number of aromatic nitrogens is 1. The van der Waals surface area contributed by atoms with Crippen LogP contribution in [0.3, 0.4) is 0 Å². The van der Waals surface area contributed by atoms with Gasteiger partial charge in [-0.1, -0.05) is 18.2 Å². The van der Waals surface area contributed by atoms with Gasteiger partial charge in [0.15, 0.2) is 5.11 Å². The van der Waals surface area contributed by atoms with Crippen LogP contribution in [0.1, 0.15) is 5.56 Å². The molecule has 2 aromatic carbocycles. The van der Waals surface area contributed by atoms with E-state index in [0.717, 1.165) is 22.7 Å². The summed E-state index contributed by atoms with van der Waals surface area (Å²) in [6.07, 6.45) is 5.68. The van der Waals surface area contributed by atoms with E-state index in [0.29, 0.717) is 5.11 Å². The Hall–Kier alpha value is -3.12. The van der Waals surface area contributed by atoms with Crippen molar-refractivity contribution in [3.8, 4) is 11.4 Å². The number of anilines is 1. The van der Waals surface area contributed by atoms with Gasteiger partial charge >= 0.3 is 0 Å². The van der Waals surface area contributed by atoms with Crippen LogP contribution in [0.2, 0.25) is 0 Å². The summed E-state index contributed by atoms with van der Waals surface area (Å²) in [5.74, 6) is 0.835. The van der Waals surface area contributed by atoms with Crippen LogP contribution in [0.15, 0.2) is 78.2 Å². The third-order valence-corrected chi connectivity index (χ3v) is 3.69. The molecule has 6 heteroatoms. The van der Waals surface area contributed by atoms with Crippen LogP contribution in [-0.4, -0.2) is 23.0 Å². The highest BCUT2D eigenvalue weighted by atomic mass is 32.1. The van der Waals surface area contributed by atoms with E-state index in [1.165, 1.54) is 0 Å². The smallest absolute Gasteiger partial charge is 0.191 e. The molecule has 0 saturated heterocycles. The first-order chi connectivity index (χ1) is 12.2. The highest BCUT2D eigenvalue weighted by Gasteiger charge is 1.99. The Morgan fingerprint density at radius 1 is 1.08 bits per heavy atom. The monoisotopic (exact) mass is 350 g/mol. The minimum atomic E-state index is 0.442. The Morgan fingerprint density at radius 2 is 1.84 bits per heavy atom. The van der Waals surface area contributed by atoms with Crippen molar-refractivity contribution in [2.45, 2.75) is 0 Å². The maximum Gasteiger partial charge on any atom is 0.191 e. The molecule has 0 unspecified atom stereocenters. The molecule has 1 aromatic heterocycles. The molecule has 0 saturated carbocycles. The normalized spacial score (nSPS) is 10.6. The van der Waals surface area contributed by atoms with Gasteiger partial charge in [-0.2, -0.15) is 5.10 Å². The van der Waals surface area contributed by atoms with Crippen molar-refractivity contribution >= 4 is 29.2 Å². The Kier molecular flexibility index (Phi) is 5.43. The Labute approximate surface area is 151 Å². The van der Waals surface area contributed by atoms with E-state index in [9.17, 15) is 0 Å². The van der Waals surface area contributed by atoms with Gasteiger partial charge in [0, 0.05) is 29.3 Å². The number of hydrogen-bond acceptors (Lipinski definition) is 3. The number of benzene rings is 2. The summed E-state index contributed by atoms with van der Waals surface area (Å²) >= 11 is 5.20. The van der Waals surface area contributed by atoms with Crippen molar-refractivity contribution in [1.82, 2.24) is 9.99 Å². The molecule has 3 rings (SSSR count). The topological polar surface area (TPSA) is 50.6 Å². The zero-order chi connectivity index (χ0) is 17.5. The maximum atomic E-state index is 5.20. The van der Waals surface area contributed by atoms with E-state index in [1.54, 1.807) is 13.3 Å². The number of ether oxygens (including phenoxy) is 1. The number of para-hydroxylation sites is 1. The molecule has 5 nitrogen and oxygen atoms in total. The Morgan fingerprint density at radius 3 is 2.56 bits per heavy atom. The van der Waals surface area contributed by atoms with Crippen LogP contribution >= 0.6 is 12.2 Å². The zero-order valence-corrected chi connectivity index (χ0v) is 14.5. The minimum absolute atomic E-state index is 0.442. The summed E-state index contributed by atoms with van der Waals surface area (Å²) in [7, 11) is 1.66. The SMILES string of the molecule is COc1ccc(-n2ccc(/C=N/NC(=S)Nc3ccccc3)c2)cc1. The molecule has 126 valence electrons. The van der Waals surface area contributed by atoms with E-state index in [-0.39, 0.29) is 0 Å². The van der Waals surface area contributed by atoms with E-state index >= 15 is 0 Å². The van der Waals surface area contributed by atoms with Gasteiger partial charge in [-0.25, -0.2) is 0 Å². The molecule has 0 aliphatic rings. The molecule has 3 aromatic rings. The number of methoxy groups -OCH3 is 1. The lowest BCUT2D eigenvalue weighted by Crippen LogP contribution is -2.23. The quantitative estimate of drug-likeness (QED) is 0.417. The van der Waals surface area contributed by atoms with Crippen LogP contribution in [-0.2, 0) is 0 Å². The van der Waals surface area contributed by atoms with Gasteiger partial charge in [0.1, 0.15) is 5.75 Å². The first kappa shape index (κ1) is 16.7. The highest BCUT2D eigenvalue weighted by molar-refractivity contribution is 7.80. The van der Waals surface area contributed by atoms with Gasteiger partial charge in [0.25, 0.3) is 0 Å². The fourth-order valence-corrected chi connectivity index (χ4v) is 2.42. The van der Waals surface area contributed by atoms with Crippen molar-refractivity contribution in [2.75, 3.05) is 12.4 Å². The minimum Gasteiger partial charge on any atom is -0.497 e. The van der Waals surface area contributed by atoms with Gasteiger partial charge in [-0.15, -0.1) is 0 Å². The van der Waals surface area contributed by atoms with E-state index in [2.05, 4.69) is 15.8 Å². The molecular weight excluding hydrogens is 332 g/mol. The van der Waals surface area contributed by atoms with Crippen LogP contribution in [0.5, 0.6) is 5.75 Å². The predicted octanol–water partition coefficient (Wildman–Crippen LogP) is 3.81. The molecule has 0 radical (unpaired) electrons. The zero-order valence-electron chi connectivity index (χ0n) is 13.7. The molecule has 0 fully saturated rings. The van der Waals surface area contributed by atoms with Crippen molar-refractivity contribution < 1.29 is 4.74 Å². The molecule has 0 atom stereocenters. The molecule has 0 aliphatic heterocycles. The molecule has 25 heavy (non-hydrogen) atoms. The van der Waals surface area contributed by atoms with Crippen molar-refractivity contribution in [3.05, 3.63) is 78.6 Å². The second kappa shape index (κ2) is 8.12. The summed E-state index contributed by atoms with van der Waals surface area (Å²) < 4.78 is 7.19. The summed E-state index contributed by atoms with van der Waals surface area (Å²) in [5.41, 5.74) is 5.74. The third-order valence-electron chi connectivity index (χ3n) is 3.50. The molecule has 2 N–H and O–H groups in total. The van der Waals surface area contributed by atoms with E-state index < -0.39 is 0 Å². The molecule has 1 heterocycles. The van der Waals surface area contributed by atoms with Crippen molar-refractivity contribution in [1.29, 1.82) is 0 Å². The molecular formula is C19H18N4OS.